The number of hydrogen-bond acceptors (Lipinski definition) is 2. The maximum absolute atomic E-state index is 3.61. The number of hydrogen-bond donors (Lipinski definition) is 1. The van der Waals surface area contributed by atoms with E-state index in [9.17, 15) is 0 Å². The summed E-state index contributed by atoms with van der Waals surface area (Å²) < 4.78 is 1.23. The molecule has 1 N–H and O–H groups in total. The van der Waals surface area contributed by atoms with Gasteiger partial charge < -0.3 is 5.32 Å². The first-order valence-corrected chi connectivity index (χ1v) is 7.43. The normalized spacial score (nSPS) is 18.0. The van der Waals surface area contributed by atoms with Crippen LogP contribution in [0.2, 0.25) is 0 Å². The van der Waals surface area contributed by atoms with Gasteiger partial charge in [0.1, 0.15) is 0 Å². The molecule has 1 saturated carbocycles. The monoisotopic (exact) mass is 287 g/mol. The smallest absolute Gasteiger partial charge is 0.0285 e. The van der Waals surface area contributed by atoms with Gasteiger partial charge in [-0.25, -0.2) is 0 Å². The van der Waals surface area contributed by atoms with Crippen LogP contribution >= 0.6 is 27.3 Å². The molecule has 2 rings (SSSR count). The molecule has 0 amide bonds. The van der Waals surface area contributed by atoms with Crippen molar-refractivity contribution in [3.8, 4) is 0 Å². The van der Waals surface area contributed by atoms with Crippen LogP contribution in [0.1, 0.15) is 31.1 Å². The summed E-state index contributed by atoms with van der Waals surface area (Å²) in [7, 11) is 0. The first-order chi connectivity index (χ1) is 7.29. The van der Waals surface area contributed by atoms with E-state index in [1.54, 1.807) is 0 Å². The third-order valence-electron chi connectivity index (χ3n) is 2.98. The van der Waals surface area contributed by atoms with Gasteiger partial charge in [0.2, 0.25) is 0 Å². The molecule has 0 radical (unpaired) electrons. The number of aryl methyl sites for hydroxylation is 1. The van der Waals surface area contributed by atoms with Gasteiger partial charge in [0.15, 0.2) is 0 Å². The van der Waals surface area contributed by atoms with Crippen LogP contribution in [0.3, 0.4) is 0 Å². The molecule has 1 aromatic heterocycles. The van der Waals surface area contributed by atoms with Gasteiger partial charge >= 0.3 is 0 Å². The lowest BCUT2D eigenvalue weighted by molar-refractivity contribution is 0.447. The first kappa shape index (κ1) is 11.6. The van der Waals surface area contributed by atoms with Gasteiger partial charge in [0.25, 0.3) is 0 Å². The highest BCUT2D eigenvalue weighted by molar-refractivity contribution is 9.10. The van der Waals surface area contributed by atoms with Crippen LogP contribution in [-0.2, 0) is 6.42 Å². The summed E-state index contributed by atoms with van der Waals surface area (Å²) in [5, 5.41) is 5.79. The molecule has 15 heavy (non-hydrogen) atoms. The minimum Gasteiger partial charge on any atom is -0.314 e. The fourth-order valence-corrected chi connectivity index (χ4v) is 3.52. The fourth-order valence-electron chi connectivity index (χ4n) is 2.05. The second-order valence-electron chi connectivity index (χ2n) is 4.27. The Morgan fingerprint density at radius 2 is 2.40 bits per heavy atom. The molecule has 1 aromatic rings. The molecule has 1 atom stereocenters. The molecule has 0 saturated heterocycles. The van der Waals surface area contributed by atoms with Gasteiger partial charge in [0.05, 0.1) is 0 Å². The zero-order valence-corrected chi connectivity index (χ0v) is 11.5. The van der Waals surface area contributed by atoms with Crippen LogP contribution in [0.5, 0.6) is 0 Å². The van der Waals surface area contributed by atoms with Crippen molar-refractivity contribution < 1.29 is 0 Å². The van der Waals surface area contributed by atoms with E-state index in [4.69, 9.17) is 0 Å². The molecule has 0 aliphatic heterocycles. The van der Waals surface area contributed by atoms with Crippen molar-refractivity contribution in [1.82, 2.24) is 5.32 Å². The topological polar surface area (TPSA) is 12.0 Å². The highest BCUT2D eigenvalue weighted by Gasteiger charge is 2.30. The molecule has 0 aromatic carbocycles. The van der Waals surface area contributed by atoms with Crippen LogP contribution < -0.4 is 5.32 Å². The van der Waals surface area contributed by atoms with Crippen molar-refractivity contribution in [2.24, 2.45) is 5.92 Å². The Bertz CT molecular complexity index is 306. The molecule has 1 nitrogen and oxygen atoms in total. The van der Waals surface area contributed by atoms with Gasteiger partial charge in [0, 0.05) is 20.8 Å². The summed E-state index contributed by atoms with van der Waals surface area (Å²) in [5.74, 6) is 0.966. The lowest BCUT2D eigenvalue weighted by Gasteiger charge is -2.16. The second-order valence-corrected chi connectivity index (χ2v) is 6.18. The van der Waals surface area contributed by atoms with Crippen LogP contribution in [0.15, 0.2) is 15.9 Å². The van der Waals surface area contributed by atoms with Crippen molar-refractivity contribution in [3.63, 3.8) is 0 Å². The lowest BCUT2D eigenvalue weighted by Crippen LogP contribution is -2.31. The predicted octanol–water partition coefficient (Wildman–Crippen LogP) is 3.83. The van der Waals surface area contributed by atoms with E-state index in [0.29, 0.717) is 0 Å². The Kier molecular flexibility index (Phi) is 4.23. The third kappa shape index (κ3) is 3.58. The molecular formula is C12H18BrNS. The van der Waals surface area contributed by atoms with Gasteiger partial charge in [-0.3, -0.25) is 0 Å². The van der Waals surface area contributed by atoms with Crippen LogP contribution in [0.4, 0.5) is 0 Å². The second kappa shape index (κ2) is 5.46. The van der Waals surface area contributed by atoms with Crippen molar-refractivity contribution in [2.75, 3.05) is 6.54 Å². The van der Waals surface area contributed by atoms with Crippen LogP contribution in [-0.4, -0.2) is 12.6 Å². The lowest BCUT2D eigenvalue weighted by atomic mass is 10.1. The molecule has 84 valence electrons. The molecule has 0 bridgehead atoms. The molecule has 1 aliphatic carbocycles. The van der Waals surface area contributed by atoms with E-state index in [-0.39, 0.29) is 0 Å². The molecule has 1 unspecified atom stereocenters. The van der Waals surface area contributed by atoms with Gasteiger partial charge in [-0.2, -0.15) is 0 Å². The molecule has 0 spiro atoms. The molecular weight excluding hydrogens is 270 g/mol. The molecule has 1 aliphatic rings. The predicted molar refractivity (Wildman–Crippen MR) is 70.5 cm³/mol. The quantitative estimate of drug-likeness (QED) is 0.839. The minimum atomic E-state index is 0.760. The van der Waals surface area contributed by atoms with E-state index < -0.39 is 0 Å². The summed E-state index contributed by atoms with van der Waals surface area (Å²) in [6, 6.07) is 3.01. The minimum absolute atomic E-state index is 0.760. The van der Waals surface area contributed by atoms with Crippen LogP contribution in [0.25, 0.3) is 0 Å². The summed E-state index contributed by atoms with van der Waals surface area (Å²) >= 11 is 5.37. The Morgan fingerprint density at radius 3 is 2.93 bits per heavy atom. The maximum atomic E-state index is 3.61. The number of rotatable bonds is 6. The number of thiophene rings is 1. The van der Waals surface area contributed by atoms with Gasteiger partial charge in [-0.15, -0.1) is 11.3 Å². The fraction of sp³-hybridized carbons (Fsp3) is 0.667. The van der Waals surface area contributed by atoms with E-state index in [2.05, 4.69) is 39.6 Å². The SMILES string of the molecule is CCNC(CCc1cc(Br)cs1)C1CC1. The Balaban J connectivity index is 1.79. The van der Waals surface area contributed by atoms with Gasteiger partial charge in [-0.05, 0) is 60.1 Å². The summed E-state index contributed by atoms with van der Waals surface area (Å²) in [4.78, 5) is 1.51. The summed E-state index contributed by atoms with van der Waals surface area (Å²) in [5.41, 5.74) is 0. The van der Waals surface area contributed by atoms with Crippen molar-refractivity contribution in [2.45, 2.75) is 38.6 Å². The number of halogens is 1. The summed E-state index contributed by atoms with van der Waals surface area (Å²) in [6.07, 6.45) is 5.40. The van der Waals surface area contributed by atoms with E-state index in [1.807, 2.05) is 11.3 Å². The Morgan fingerprint density at radius 1 is 1.60 bits per heavy atom. The highest BCUT2D eigenvalue weighted by atomic mass is 79.9. The third-order valence-corrected chi connectivity index (χ3v) is 4.74. The van der Waals surface area contributed by atoms with E-state index in [1.165, 1.54) is 35.0 Å². The van der Waals surface area contributed by atoms with E-state index >= 15 is 0 Å². The molecule has 1 heterocycles. The maximum Gasteiger partial charge on any atom is 0.0285 e. The van der Waals surface area contributed by atoms with Crippen molar-refractivity contribution in [3.05, 3.63) is 20.8 Å². The average Bonchev–Trinajstić information content (AvgIpc) is 2.97. The standard InChI is InChI=1S/C12H18BrNS/c1-2-14-12(9-3-4-9)6-5-11-7-10(13)8-15-11/h7-9,12,14H,2-6H2,1H3. The van der Waals surface area contributed by atoms with Gasteiger partial charge in [-0.1, -0.05) is 6.92 Å². The zero-order chi connectivity index (χ0) is 10.7. The largest absolute Gasteiger partial charge is 0.314 e. The number of nitrogens with one attached hydrogen (secondary N) is 1. The average molecular weight is 288 g/mol. The first-order valence-electron chi connectivity index (χ1n) is 5.76. The Labute approximate surface area is 104 Å². The van der Waals surface area contributed by atoms with Crippen LogP contribution in [0, 0.1) is 5.92 Å². The van der Waals surface area contributed by atoms with Crippen molar-refractivity contribution in [1.29, 1.82) is 0 Å². The Hall–Kier alpha value is 0.140. The highest BCUT2D eigenvalue weighted by Crippen LogP contribution is 2.35. The molecule has 1 fully saturated rings. The molecule has 3 heteroatoms. The summed E-state index contributed by atoms with van der Waals surface area (Å²) in [6.45, 7) is 3.31. The zero-order valence-electron chi connectivity index (χ0n) is 9.13. The van der Waals surface area contributed by atoms with E-state index in [0.717, 1.165) is 18.5 Å². The van der Waals surface area contributed by atoms with Crippen molar-refractivity contribution >= 4 is 27.3 Å².